The number of para-hydroxylation sites is 4. The second kappa shape index (κ2) is 17.4. The monoisotopic (exact) mass is 925 g/mol. The van der Waals surface area contributed by atoms with Crippen LogP contribution in [0.15, 0.2) is 259 Å². The Balaban J connectivity index is 1.08. The van der Waals surface area contributed by atoms with E-state index in [-0.39, 0.29) is 5.41 Å². The van der Waals surface area contributed by atoms with Crippen molar-refractivity contribution >= 4 is 73.0 Å². The summed E-state index contributed by atoms with van der Waals surface area (Å²) in [4.78, 5) is 4.79. The number of anilines is 6. The van der Waals surface area contributed by atoms with E-state index in [1.54, 1.807) is 0 Å². The molecule has 0 saturated heterocycles. The van der Waals surface area contributed by atoms with Gasteiger partial charge < -0.3 is 18.8 Å². The molecule has 0 aliphatic heterocycles. The van der Waals surface area contributed by atoms with Crippen LogP contribution < -0.4 is 9.80 Å². The summed E-state index contributed by atoms with van der Waals surface area (Å²) < 4.78 is 9.03. The molecule has 0 atom stereocenters. The highest BCUT2D eigenvalue weighted by molar-refractivity contribution is 6.06. The maximum absolute atomic E-state index is 6.64. The van der Waals surface area contributed by atoms with Crippen molar-refractivity contribution in [3.63, 3.8) is 0 Å². The summed E-state index contributed by atoms with van der Waals surface area (Å²) in [6.45, 7) is 9.02. The number of hydrogen-bond donors (Lipinski definition) is 0. The number of furan rings is 1. The van der Waals surface area contributed by atoms with Gasteiger partial charge in [0.15, 0.2) is 0 Å². The minimum absolute atomic E-state index is 0.133. The average molecular weight is 926 g/mol. The van der Waals surface area contributed by atoms with Crippen LogP contribution in [0.25, 0.3) is 66.9 Å². The number of fused-ring (bicyclic) bond motifs is 9. The Morgan fingerprint density at radius 1 is 0.458 bits per heavy atom. The van der Waals surface area contributed by atoms with E-state index >= 15 is 0 Å². The number of allylic oxidation sites excluding steroid dienone is 6. The Morgan fingerprint density at radius 3 is 1.88 bits per heavy atom. The van der Waals surface area contributed by atoms with Gasteiger partial charge in [-0.15, -0.1) is 0 Å². The smallest absolute Gasteiger partial charge is 0.137 e. The third-order valence-electron chi connectivity index (χ3n) is 14.7. The standard InChI is InChI=1S/C68H51N3O/c1-46-20-8-4-15-28-57-61-42-47(33-39-65(61)71(64(57)38-32-46)51-25-13-7-14-26-51)48-40-54(69(49-21-9-5-10-22-49)50-23-11-6-12-24-50)43-55(41-48)70(53-34-36-59-58-29-17-19-31-66(58)72-67(59)45-53)52-35-37-63-60(44-52)56-27-16-18-30-62(56)68(63,2)3/h4-27,29-45H,1,28H2,2-3H3/b15-4-,20-8-,38-32?. The highest BCUT2D eigenvalue weighted by Gasteiger charge is 2.36. The molecule has 0 unspecified atom stereocenters. The molecular weight excluding hydrogens is 875 g/mol. The molecule has 2 aromatic heterocycles. The fourth-order valence-electron chi connectivity index (χ4n) is 11.3. The predicted molar refractivity (Wildman–Crippen MR) is 303 cm³/mol. The molecule has 72 heavy (non-hydrogen) atoms. The molecule has 344 valence electrons. The van der Waals surface area contributed by atoms with Crippen LogP contribution >= 0.6 is 0 Å². The summed E-state index contributed by atoms with van der Waals surface area (Å²) in [5.41, 5.74) is 20.9. The molecule has 0 saturated carbocycles. The van der Waals surface area contributed by atoms with Crippen LogP contribution in [-0.4, -0.2) is 4.57 Å². The number of nitrogens with zero attached hydrogens (tertiary/aromatic N) is 3. The van der Waals surface area contributed by atoms with Crippen molar-refractivity contribution in [2.45, 2.75) is 25.7 Å². The second-order valence-electron chi connectivity index (χ2n) is 19.4. The van der Waals surface area contributed by atoms with E-state index in [1.165, 1.54) is 33.2 Å². The summed E-state index contributed by atoms with van der Waals surface area (Å²) in [5, 5.41) is 3.41. The Kier molecular flexibility index (Phi) is 10.4. The largest absolute Gasteiger partial charge is 0.456 e. The van der Waals surface area contributed by atoms with E-state index in [1.807, 2.05) is 6.07 Å². The van der Waals surface area contributed by atoms with E-state index < -0.39 is 0 Å². The van der Waals surface area contributed by atoms with E-state index in [4.69, 9.17) is 4.42 Å². The first kappa shape index (κ1) is 42.9. The van der Waals surface area contributed by atoms with Gasteiger partial charge in [0, 0.05) is 67.5 Å². The summed E-state index contributed by atoms with van der Waals surface area (Å²) >= 11 is 0. The molecule has 2 heterocycles. The van der Waals surface area contributed by atoms with Crippen molar-refractivity contribution in [3.05, 3.63) is 277 Å². The molecule has 11 aromatic rings. The van der Waals surface area contributed by atoms with Crippen molar-refractivity contribution in [1.29, 1.82) is 0 Å². The third-order valence-corrected chi connectivity index (χ3v) is 14.7. The maximum Gasteiger partial charge on any atom is 0.137 e. The van der Waals surface area contributed by atoms with Crippen LogP contribution in [0, 0.1) is 0 Å². The maximum atomic E-state index is 6.64. The average Bonchev–Trinajstić information content (AvgIpc) is 4.03. The first-order chi connectivity index (χ1) is 35.4. The van der Waals surface area contributed by atoms with Crippen molar-refractivity contribution in [1.82, 2.24) is 4.57 Å². The molecule has 13 rings (SSSR count). The molecule has 2 aliphatic carbocycles. The molecule has 9 aromatic carbocycles. The molecule has 4 nitrogen and oxygen atoms in total. The molecule has 4 heteroatoms. The van der Waals surface area contributed by atoms with Crippen molar-refractivity contribution < 1.29 is 4.42 Å². The lowest BCUT2D eigenvalue weighted by molar-refractivity contribution is 0.660. The summed E-state index contributed by atoms with van der Waals surface area (Å²) in [6.07, 6.45) is 13.7. The normalized spacial score (nSPS) is 14.5. The van der Waals surface area contributed by atoms with Crippen molar-refractivity contribution in [2.75, 3.05) is 9.80 Å². The molecular formula is C68H51N3O. The molecule has 0 amide bonds. The van der Waals surface area contributed by atoms with Crippen molar-refractivity contribution in [2.24, 2.45) is 0 Å². The van der Waals surface area contributed by atoms with Gasteiger partial charge in [-0.2, -0.15) is 0 Å². The topological polar surface area (TPSA) is 24.6 Å². The minimum atomic E-state index is -0.133. The fraction of sp³-hybridized carbons (Fsp3) is 0.0588. The fourth-order valence-corrected chi connectivity index (χ4v) is 11.3. The van der Waals surface area contributed by atoms with Gasteiger partial charge in [-0.1, -0.05) is 160 Å². The van der Waals surface area contributed by atoms with Crippen LogP contribution in [0.4, 0.5) is 34.1 Å². The lowest BCUT2D eigenvalue weighted by atomic mass is 9.82. The van der Waals surface area contributed by atoms with E-state index in [0.717, 1.165) is 96.1 Å². The lowest BCUT2D eigenvalue weighted by Gasteiger charge is -2.31. The van der Waals surface area contributed by atoms with E-state index in [2.05, 4.69) is 278 Å². The van der Waals surface area contributed by atoms with E-state index in [0.29, 0.717) is 0 Å². The summed E-state index contributed by atoms with van der Waals surface area (Å²) in [5.74, 6) is 0. The van der Waals surface area contributed by atoms with Crippen molar-refractivity contribution in [3.8, 4) is 27.9 Å². The first-order valence-corrected chi connectivity index (χ1v) is 24.8. The molecule has 0 spiro atoms. The van der Waals surface area contributed by atoms with Gasteiger partial charge in [0.2, 0.25) is 0 Å². The quantitative estimate of drug-likeness (QED) is 0.152. The predicted octanol–water partition coefficient (Wildman–Crippen LogP) is 18.7. The Bertz CT molecular complexity index is 3960. The summed E-state index contributed by atoms with van der Waals surface area (Å²) in [6, 6.07) is 77.1. The molecule has 0 fully saturated rings. The molecule has 0 bridgehead atoms. The Morgan fingerprint density at radius 2 is 1.10 bits per heavy atom. The number of aromatic nitrogens is 1. The Labute approximate surface area is 420 Å². The van der Waals surface area contributed by atoms with Crippen LogP contribution in [0.2, 0.25) is 0 Å². The Hall–Kier alpha value is -9.12. The zero-order chi connectivity index (χ0) is 48.3. The van der Waals surface area contributed by atoms with Gasteiger partial charge in [0.05, 0.1) is 11.2 Å². The zero-order valence-electron chi connectivity index (χ0n) is 40.3. The first-order valence-electron chi connectivity index (χ1n) is 24.8. The van der Waals surface area contributed by atoms with Gasteiger partial charge >= 0.3 is 0 Å². The van der Waals surface area contributed by atoms with Crippen LogP contribution in [-0.2, 0) is 11.8 Å². The highest BCUT2D eigenvalue weighted by Crippen LogP contribution is 2.52. The van der Waals surface area contributed by atoms with Crippen LogP contribution in [0.1, 0.15) is 36.2 Å². The van der Waals surface area contributed by atoms with Crippen LogP contribution in [0.5, 0.6) is 0 Å². The molecule has 0 radical (unpaired) electrons. The minimum Gasteiger partial charge on any atom is -0.456 e. The number of hydrogen-bond acceptors (Lipinski definition) is 3. The van der Waals surface area contributed by atoms with Gasteiger partial charge in [0.1, 0.15) is 11.2 Å². The van der Waals surface area contributed by atoms with E-state index in [9.17, 15) is 0 Å². The molecule has 0 N–H and O–H groups in total. The van der Waals surface area contributed by atoms with Gasteiger partial charge in [0.25, 0.3) is 0 Å². The number of benzene rings is 9. The third kappa shape index (κ3) is 7.30. The number of rotatable bonds is 8. The second-order valence-corrected chi connectivity index (χ2v) is 19.4. The SMILES string of the molecule is C=C1C=Cc2c(c3cc(-c4cc(N(c5ccccc5)c5ccccc5)cc(N(c5ccc6c(c5)-c5ccccc5C6(C)C)c5ccc6c(c5)oc5ccccc56)c4)ccc3n2-c2ccccc2)C/C=C\C=C/1. The zero-order valence-corrected chi connectivity index (χ0v) is 40.3. The van der Waals surface area contributed by atoms with Gasteiger partial charge in [-0.05, 0) is 154 Å². The lowest BCUT2D eigenvalue weighted by Crippen LogP contribution is -2.16. The van der Waals surface area contributed by atoms with Crippen LogP contribution in [0.3, 0.4) is 0 Å². The molecule has 2 aliphatic rings. The van der Waals surface area contributed by atoms with Gasteiger partial charge in [-0.3, -0.25) is 0 Å². The summed E-state index contributed by atoms with van der Waals surface area (Å²) in [7, 11) is 0. The highest BCUT2D eigenvalue weighted by atomic mass is 16.3. The van der Waals surface area contributed by atoms with Gasteiger partial charge in [-0.25, -0.2) is 0 Å².